The molecule has 0 aliphatic rings. The largest absolute Gasteiger partial charge is 0.444 e. The fourth-order valence-electron chi connectivity index (χ4n) is 2.32. The van der Waals surface area contributed by atoms with Gasteiger partial charge in [-0.25, -0.2) is 4.79 Å². The number of benzene rings is 1. The summed E-state index contributed by atoms with van der Waals surface area (Å²) >= 11 is 0. The molecule has 0 aliphatic heterocycles. The first-order chi connectivity index (χ1) is 11.7. The Morgan fingerprint density at radius 1 is 1.08 bits per heavy atom. The van der Waals surface area contributed by atoms with Gasteiger partial charge >= 0.3 is 6.09 Å². The molecule has 0 spiro atoms. The lowest BCUT2D eigenvalue weighted by Crippen LogP contribution is -2.43. The molecule has 0 aliphatic carbocycles. The van der Waals surface area contributed by atoms with Crippen molar-refractivity contribution in [2.45, 2.75) is 46.6 Å². The number of amides is 1. The number of rotatable bonds is 6. The molecule has 148 valence electrons. The molecule has 0 aromatic heterocycles. The predicted molar refractivity (Wildman–Crippen MR) is 119 cm³/mol. The average molecular weight is 476 g/mol. The highest BCUT2D eigenvalue weighted by atomic mass is 127. The van der Waals surface area contributed by atoms with Crippen LogP contribution in [-0.4, -0.2) is 44.3 Å². The third-order valence-electron chi connectivity index (χ3n) is 3.49. The molecule has 1 amide bonds. The Labute approximate surface area is 174 Å². The molecule has 1 rings (SSSR count). The molecule has 0 radical (unpaired) electrons. The first-order valence-corrected chi connectivity index (χ1v) is 8.69. The molecule has 1 aromatic carbocycles. The van der Waals surface area contributed by atoms with Crippen molar-refractivity contribution in [1.29, 1.82) is 0 Å². The normalized spacial score (nSPS) is 11.4. The van der Waals surface area contributed by atoms with Gasteiger partial charge in [0.1, 0.15) is 5.60 Å². The highest BCUT2D eigenvalue weighted by molar-refractivity contribution is 14.0. The van der Waals surface area contributed by atoms with E-state index in [9.17, 15) is 4.79 Å². The zero-order chi connectivity index (χ0) is 18.9. The van der Waals surface area contributed by atoms with Gasteiger partial charge in [0.2, 0.25) is 0 Å². The third kappa shape index (κ3) is 10.5. The Morgan fingerprint density at radius 3 is 2.27 bits per heavy atom. The van der Waals surface area contributed by atoms with Crippen molar-refractivity contribution in [2.24, 2.45) is 4.99 Å². The van der Waals surface area contributed by atoms with Gasteiger partial charge < -0.3 is 20.7 Å². The number of ether oxygens (including phenoxy) is 1. The predicted octanol–water partition coefficient (Wildman–Crippen LogP) is 3.15. The van der Waals surface area contributed by atoms with Crippen LogP contribution >= 0.6 is 24.0 Å². The molecule has 6 nitrogen and oxygen atoms in total. The molecular weight excluding hydrogens is 443 g/mol. The smallest absolute Gasteiger partial charge is 0.407 e. The van der Waals surface area contributed by atoms with Crippen LogP contribution in [0, 0.1) is 13.8 Å². The summed E-state index contributed by atoms with van der Waals surface area (Å²) in [5, 5.41) is 9.15. The summed E-state index contributed by atoms with van der Waals surface area (Å²) < 4.78 is 5.18. The van der Waals surface area contributed by atoms with Crippen LogP contribution in [0.2, 0.25) is 0 Å². The van der Waals surface area contributed by atoms with Crippen molar-refractivity contribution >= 4 is 36.0 Å². The van der Waals surface area contributed by atoms with E-state index in [2.05, 4.69) is 53.0 Å². The lowest BCUT2D eigenvalue weighted by Gasteiger charge is -2.20. The van der Waals surface area contributed by atoms with Crippen molar-refractivity contribution in [3.63, 3.8) is 0 Å². The molecule has 0 bridgehead atoms. The highest BCUT2D eigenvalue weighted by Crippen LogP contribution is 2.10. The number of carbonyl (C=O) groups is 1. The Kier molecular flexibility index (Phi) is 11.3. The minimum Gasteiger partial charge on any atom is -0.444 e. The lowest BCUT2D eigenvalue weighted by atomic mass is 10.0. The summed E-state index contributed by atoms with van der Waals surface area (Å²) in [6.07, 6.45) is 0.523. The second-order valence-electron chi connectivity index (χ2n) is 7.03. The second kappa shape index (κ2) is 12.0. The van der Waals surface area contributed by atoms with Crippen LogP contribution in [0.1, 0.15) is 37.5 Å². The molecule has 0 saturated heterocycles. The number of hydrogen-bond donors (Lipinski definition) is 3. The first kappa shape index (κ1) is 24.5. The number of hydrogen-bond acceptors (Lipinski definition) is 3. The number of nitrogens with zero attached hydrogens (tertiary/aromatic N) is 1. The van der Waals surface area contributed by atoms with E-state index in [1.807, 2.05) is 20.8 Å². The third-order valence-corrected chi connectivity index (χ3v) is 3.49. The molecule has 0 saturated carbocycles. The topological polar surface area (TPSA) is 74.8 Å². The van der Waals surface area contributed by atoms with Crippen LogP contribution in [-0.2, 0) is 11.2 Å². The van der Waals surface area contributed by atoms with Gasteiger partial charge in [-0.2, -0.15) is 0 Å². The fraction of sp³-hybridized carbons (Fsp3) is 0.579. The van der Waals surface area contributed by atoms with Crippen molar-refractivity contribution in [3.05, 3.63) is 34.9 Å². The number of alkyl carbamates (subject to hydrolysis) is 1. The minimum absolute atomic E-state index is 0. The zero-order valence-corrected chi connectivity index (χ0v) is 19.1. The minimum atomic E-state index is -0.483. The fourth-order valence-corrected chi connectivity index (χ4v) is 2.32. The van der Waals surface area contributed by atoms with E-state index >= 15 is 0 Å². The van der Waals surface area contributed by atoms with Gasteiger partial charge in [0, 0.05) is 26.7 Å². The van der Waals surface area contributed by atoms with Crippen molar-refractivity contribution in [1.82, 2.24) is 16.0 Å². The summed E-state index contributed by atoms with van der Waals surface area (Å²) in [5.41, 5.74) is 3.44. The maximum absolute atomic E-state index is 11.6. The Balaban J connectivity index is 0.00000625. The number of halogens is 1. The van der Waals surface area contributed by atoms with Gasteiger partial charge in [0.25, 0.3) is 0 Å². The summed E-state index contributed by atoms with van der Waals surface area (Å²) in [7, 11) is 1.73. The highest BCUT2D eigenvalue weighted by Gasteiger charge is 2.15. The van der Waals surface area contributed by atoms with Crippen LogP contribution in [0.5, 0.6) is 0 Å². The maximum Gasteiger partial charge on any atom is 0.407 e. The molecule has 7 heteroatoms. The Bertz CT molecular complexity index is 598. The van der Waals surface area contributed by atoms with Crippen LogP contribution in [0.3, 0.4) is 0 Å². The standard InChI is InChI=1S/C19H32N4O2.HI/c1-14-7-8-16(15(2)13-14)9-10-21-17(20-6)22-11-12-23-18(24)25-19(3,4)5;/h7-8,13H,9-12H2,1-6H3,(H,23,24)(H2,20,21,22);1H. The van der Waals surface area contributed by atoms with Crippen molar-refractivity contribution in [3.8, 4) is 0 Å². The van der Waals surface area contributed by atoms with Gasteiger partial charge in [-0.05, 0) is 52.2 Å². The molecule has 0 fully saturated rings. The number of nitrogens with one attached hydrogen (secondary N) is 3. The molecule has 3 N–H and O–H groups in total. The van der Waals surface area contributed by atoms with Crippen LogP contribution < -0.4 is 16.0 Å². The number of guanidine groups is 1. The lowest BCUT2D eigenvalue weighted by molar-refractivity contribution is 0.0529. The maximum atomic E-state index is 11.6. The van der Waals surface area contributed by atoms with Crippen LogP contribution in [0.15, 0.2) is 23.2 Å². The average Bonchev–Trinajstić information content (AvgIpc) is 2.49. The number of aliphatic imine (C=N–C) groups is 1. The van der Waals surface area contributed by atoms with E-state index < -0.39 is 11.7 Å². The SMILES string of the molecule is CN=C(NCCNC(=O)OC(C)(C)C)NCCc1ccc(C)cc1C.I. The van der Waals surface area contributed by atoms with Gasteiger partial charge in [0.05, 0.1) is 0 Å². The van der Waals surface area contributed by atoms with Gasteiger partial charge in [-0.3, -0.25) is 4.99 Å². The second-order valence-corrected chi connectivity index (χ2v) is 7.03. The molecule has 0 atom stereocenters. The van der Waals surface area contributed by atoms with Gasteiger partial charge in [-0.1, -0.05) is 23.8 Å². The van der Waals surface area contributed by atoms with Gasteiger partial charge in [-0.15, -0.1) is 24.0 Å². The van der Waals surface area contributed by atoms with Crippen LogP contribution in [0.4, 0.5) is 4.79 Å². The Hall–Kier alpha value is -1.51. The summed E-state index contributed by atoms with van der Waals surface area (Å²) in [5.74, 6) is 0.718. The van der Waals surface area contributed by atoms with Gasteiger partial charge in [0.15, 0.2) is 5.96 Å². The number of aryl methyl sites for hydroxylation is 2. The molecular formula is C19H33IN4O2. The van der Waals surface area contributed by atoms with E-state index in [1.54, 1.807) is 7.05 Å². The summed E-state index contributed by atoms with van der Waals surface area (Å²) in [6, 6.07) is 6.51. The zero-order valence-electron chi connectivity index (χ0n) is 16.7. The quantitative estimate of drug-likeness (QED) is 0.255. The van der Waals surface area contributed by atoms with E-state index in [-0.39, 0.29) is 24.0 Å². The molecule has 0 heterocycles. The molecule has 26 heavy (non-hydrogen) atoms. The van der Waals surface area contributed by atoms with Crippen LogP contribution in [0.25, 0.3) is 0 Å². The first-order valence-electron chi connectivity index (χ1n) is 8.69. The Morgan fingerprint density at radius 2 is 1.69 bits per heavy atom. The van der Waals surface area contributed by atoms with E-state index in [0.717, 1.165) is 18.9 Å². The molecule has 0 unspecified atom stereocenters. The van der Waals surface area contributed by atoms with Crippen molar-refractivity contribution in [2.75, 3.05) is 26.7 Å². The van der Waals surface area contributed by atoms with E-state index in [0.29, 0.717) is 13.1 Å². The summed E-state index contributed by atoms with van der Waals surface area (Å²) in [4.78, 5) is 15.7. The number of carbonyl (C=O) groups excluding carboxylic acids is 1. The summed E-state index contributed by atoms with van der Waals surface area (Å²) in [6.45, 7) is 11.6. The van der Waals surface area contributed by atoms with E-state index in [1.165, 1.54) is 16.7 Å². The molecule has 1 aromatic rings. The van der Waals surface area contributed by atoms with Crippen molar-refractivity contribution < 1.29 is 9.53 Å². The van der Waals surface area contributed by atoms with E-state index in [4.69, 9.17) is 4.74 Å². The monoisotopic (exact) mass is 476 g/mol.